The van der Waals surface area contributed by atoms with Gasteiger partial charge in [0.2, 0.25) is 0 Å². The van der Waals surface area contributed by atoms with Gasteiger partial charge in [-0.1, -0.05) is 104 Å². The van der Waals surface area contributed by atoms with Gasteiger partial charge in [0, 0.05) is 0 Å². The van der Waals surface area contributed by atoms with Crippen LogP contribution in [0.1, 0.15) is 90.4 Å². The van der Waals surface area contributed by atoms with Crippen LogP contribution in [0.3, 0.4) is 0 Å². The summed E-state index contributed by atoms with van der Waals surface area (Å²) in [6.07, 6.45) is 19.3. The summed E-state index contributed by atoms with van der Waals surface area (Å²) in [5, 5.41) is 0. The summed E-state index contributed by atoms with van der Waals surface area (Å²) in [4.78, 5) is 5.80. The maximum atomic E-state index is 5.80. The van der Waals surface area contributed by atoms with Gasteiger partial charge < -0.3 is 12.4 Å². The molecule has 0 aliphatic heterocycles. The maximum absolute atomic E-state index is 5.80. The Bertz CT molecular complexity index is 448. The second-order valence-electron chi connectivity index (χ2n) is 10.6. The third-order valence-electron chi connectivity index (χ3n) is 8.53. The number of halogens is 2. The van der Waals surface area contributed by atoms with Crippen molar-refractivity contribution in [2.24, 2.45) is 23.7 Å². The number of hydrogen-bond acceptors (Lipinski definition) is 0. The molecule has 0 amide bonds. The van der Waals surface area contributed by atoms with Crippen molar-refractivity contribution in [3.8, 4) is 0 Å². The molecule has 0 aromatic rings. The topological polar surface area (TPSA) is 14.1 Å². The molecule has 0 aromatic heterocycles. The van der Waals surface area contributed by atoms with E-state index in [1.165, 1.54) is 57.8 Å². The average molecular weight is 524 g/mol. The summed E-state index contributed by atoms with van der Waals surface area (Å²) < 4.78 is 0. The first kappa shape index (κ1) is 25.9. The normalized spacial score (nSPS) is 36.7. The molecule has 0 bridgehead atoms. The van der Waals surface area contributed by atoms with Gasteiger partial charge in [-0.05, 0) is 36.5 Å². The van der Waals surface area contributed by atoms with Gasteiger partial charge in [-0.15, -0.1) is 5.54 Å². The monoisotopic (exact) mass is 521 g/mol. The van der Waals surface area contributed by atoms with E-state index in [1.54, 1.807) is 25.7 Å². The van der Waals surface area contributed by atoms with Crippen LogP contribution in [0.4, 0.5) is 0 Å². The Labute approximate surface area is 195 Å². The molecule has 4 unspecified atom stereocenters. The first-order chi connectivity index (χ1) is 12.9. The number of nitrogens with zero attached hydrogens (tertiary/aromatic N) is 1. The summed E-state index contributed by atoms with van der Waals surface area (Å²) in [6.45, 7) is 7.84. The number of fused-ring (bicyclic) bond motifs is 3. The van der Waals surface area contributed by atoms with E-state index in [-0.39, 0.29) is 7.43 Å². The second-order valence-corrected chi connectivity index (χ2v) is 18.6. The van der Waals surface area contributed by atoms with Crippen molar-refractivity contribution in [1.29, 1.82) is 0 Å². The van der Waals surface area contributed by atoms with Crippen LogP contribution in [-0.2, 0) is 20.8 Å². The Morgan fingerprint density at radius 2 is 1.14 bits per heavy atom. The Balaban J connectivity index is 0.000000660. The molecule has 4 fully saturated rings. The molecule has 0 heterocycles. The zero-order valence-corrected chi connectivity index (χ0v) is 23.8. The zero-order valence-electron chi connectivity index (χ0n) is 18.8. The summed E-state index contributed by atoms with van der Waals surface area (Å²) in [5.74, 6) is 4.30. The van der Waals surface area contributed by atoms with Crippen LogP contribution < -0.4 is 0 Å². The SMILES string of the molecule is CC1([N-][Si](C)(C)C2C3CCCCC3C3CCCCC32)CCCCC1.[CH3-].[Cl][Zr+2][Cl]. The first-order valence-electron chi connectivity index (χ1n) is 11.6. The van der Waals surface area contributed by atoms with Crippen molar-refractivity contribution >= 4 is 25.3 Å². The van der Waals surface area contributed by atoms with Crippen LogP contribution in [0.25, 0.3) is 4.98 Å². The van der Waals surface area contributed by atoms with Crippen molar-refractivity contribution in [2.75, 3.05) is 0 Å². The molecule has 5 heteroatoms. The van der Waals surface area contributed by atoms with Gasteiger partial charge in [-0.3, -0.25) is 0 Å². The molecular formula is C23H43Cl2NSiZr. The molecule has 0 saturated heterocycles. The predicted molar refractivity (Wildman–Crippen MR) is 125 cm³/mol. The van der Waals surface area contributed by atoms with E-state index in [0.717, 1.165) is 29.2 Å². The minimum absolute atomic E-state index is 0. The van der Waals surface area contributed by atoms with Crippen molar-refractivity contribution in [2.45, 2.75) is 115 Å². The van der Waals surface area contributed by atoms with E-state index >= 15 is 0 Å². The molecule has 4 aliphatic rings. The fourth-order valence-electron chi connectivity index (χ4n) is 7.89. The predicted octanol–water partition coefficient (Wildman–Crippen LogP) is 9.11. The van der Waals surface area contributed by atoms with Gasteiger partial charge in [0.05, 0.1) is 0 Å². The first-order valence-corrected chi connectivity index (χ1v) is 21.0. The van der Waals surface area contributed by atoms with Gasteiger partial charge in [-0.2, -0.15) is 0 Å². The Morgan fingerprint density at radius 1 is 0.750 bits per heavy atom. The minimum atomic E-state index is -1.52. The second kappa shape index (κ2) is 11.5. The van der Waals surface area contributed by atoms with Crippen molar-refractivity contribution in [3.05, 3.63) is 12.4 Å². The van der Waals surface area contributed by atoms with Crippen LogP contribution in [-0.4, -0.2) is 13.8 Å². The summed E-state index contributed by atoms with van der Waals surface area (Å²) in [6, 6.07) is 0. The van der Waals surface area contributed by atoms with Crippen molar-refractivity contribution in [3.63, 3.8) is 0 Å². The molecule has 4 atom stereocenters. The fraction of sp³-hybridized carbons (Fsp3) is 0.957. The zero-order chi connectivity index (χ0) is 19.5. The van der Waals surface area contributed by atoms with Gasteiger partial charge in [0.25, 0.3) is 0 Å². The molecule has 4 rings (SSSR count). The van der Waals surface area contributed by atoms with E-state index < -0.39 is 29.1 Å². The van der Waals surface area contributed by atoms with E-state index in [0.29, 0.717) is 5.54 Å². The van der Waals surface area contributed by atoms with Gasteiger partial charge in [-0.25, -0.2) is 0 Å². The van der Waals surface area contributed by atoms with Crippen LogP contribution in [0, 0.1) is 31.1 Å². The standard InChI is InChI=1S/C22H40NSi.CH3.2ClH.Zr/c1-22(15-9-4-10-16-22)23-24(2,3)21-19-13-7-5-11-17(19)18-12-6-8-14-20(18)21;;;;/h17-21H,4-16H2,1-3H3;1H3;2*1H;/q2*-1;;;+4/p-2. The van der Waals surface area contributed by atoms with Crippen molar-refractivity contribution in [1.82, 2.24) is 0 Å². The molecule has 0 spiro atoms. The molecule has 162 valence electrons. The molecule has 0 N–H and O–H groups in total. The molecule has 28 heavy (non-hydrogen) atoms. The van der Waals surface area contributed by atoms with Gasteiger partial charge >= 0.3 is 37.9 Å². The van der Waals surface area contributed by atoms with Crippen LogP contribution >= 0.6 is 17.0 Å². The van der Waals surface area contributed by atoms with Crippen LogP contribution in [0.2, 0.25) is 18.6 Å². The van der Waals surface area contributed by atoms with E-state index in [4.69, 9.17) is 22.0 Å². The van der Waals surface area contributed by atoms with Crippen LogP contribution in [0.5, 0.6) is 0 Å². The van der Waals surface area contributed by atoms with Gasteiger partial charge in [0.1, 0.15) is 0 Å². The molecule has 0 aromatic carbocycles. The Morgan fingerprint density at radius 3 is 1.57 bits per heavy atom. The molecule has 1 nitrogen and oxygen atoms in total. The summed E-state index contributed by atoms with van der Waals surface area (Å²) >= 11 is -0.826. The summed E-state index contributed by atoms with van der Waals surface area (Å²) in [5.41, 5.74) is 1.36. The third kappa shape index (κ3) is 5.90. The van der Waals surface area contributed by atoms with Crippen molar-refractivity contribution < 1.29 is 20.8 Å². The van der Waals surface area contributed by atoms with E-state index in [2.05, 4.69) is 20.0 Å². The Hall–Kier alpha value is 1.64. The van der Waals surface area contributed by atoms with Gasteiger partial charge in [0.15, 0.2) is 0 Å². The number of hydrogen-bond donors (Lipinski definition) is 0. The van der Waals surface area contributed by atoms with Crippen LogP contribution in [0.15, 0.2) is 0 Å². The average Bonchev–Trinajstić information content (AvgIpc) is 2.97. The quantitative estimate of drug-likeness (QED) is 0.259. The number of rotatable bonds is 3. The fourth-order valence-corrected chi connectivity index (χ4v) is 12.6. The molecule has 0 radical (unpaired) electrons. The third-order valence-corrected chi connectivity index (χ3v) is 12.1. The molecule has 4 saturated carbocycles. The van der Waals surface area contributed by atoms with E-state index in [9.17, 15) is 0 Å². The van der Waals surface area contributed by atoms with E-state index in [1.807, 2.05) is 0 Å². The molecule has 4 aliphatic carbocycles. The Kier molecular flexibility index (Phi) is 10.6. The molecular weight excluding hydrogens is 480 g/mol. The summed E-state index contributed by atoms with van der Waals surface area (Å²) in [7, 11) is 8.35.